The molecule has 2 heterocycles. The molecule has 32 heavy (non-hydrogen) atoms. The van der Waals surface area contributed by atoms with Gasteiger partial charge >= 0.3 is 0 Å². The van der Waals surface area contributed by atoms with E-state index in [1.807, 2.05) is 44.4 Å². The van der Waals surface area contributed by atoms with E-state index in [4.69, 9.17) is 9.15 Å². The number of carbonyl (C=O) groups excluding carboxylic acids is 1. The number of para-hydroxylation sites is 1. The molecule has 0 bridgehead atoms. The van der Waals surface area contributed by atoms with E-state index in [9.17, 15) is 9.59 Å². The van der Waals surface area contributed by atoms with Crippen LogP contribution in [0.3, 0.4) is 0 Å². The molecule has 0 saturated heterocycles. The summed E-state index contributed by atoms with van der Waals surface area (Å²) in [5.41, 5.74) is 1.57. The molecule has 0 fully saturated rings. The lowest BCUT2D eigenvalue weighted by Crippen LogP contribution is -2.32. The highest BCUT2D eigenvalue weighted by Crippen LogP contribution is 2.39. The van der Waals surface area contributed by atoms with Gasteiger partial charge in [-0.25, -0.2) is 0 Å². The van der Waals surface area contributed by atoms with Gasteiger partial charge in [0.15, 0.2) is 5.43 Å². The SMILES string of the molecule is CCCCOc1cccc([C@@H]2c3c(oc4ccccc4c3=O)C(=O)N2CCCN(C)C)c1. The molecule has 1 amide bonds. The molecule has 0 spiro atoms. The number of hydrogen-bond acceptors (Lipinski definition) is 5. The minimum Gasteiger partial charge on any atom is -0.494 e. The summed E-state index contributed by atoms with van der Waals surface area (Å²) in [6.07, 6.45) is 2.82. The van der Waals surface area contributed by atoms with Crippen molar-refractivity contribution in [1.82, 2.24) is 9.80 Å². The zero-order valence-electron chi connectivity index (χ0n) is 19.0. The molecule has 0 N–H and O–H groups in total. The predicted octanol–water partition coefficient (Wildman–Crippen LogP) is 4.47. The van der Waals surface area contributed by atoms with Crippen LogP contribution in [0.2, 0.25) is 0 Å². The Kier molecular flexibility index (Phi) is 6.61. The van der Waals surface area contributed by atoms with Crippen LogP contribution >= 0.6 is 0 Å². The minimum absolute atomic E-state index is 0.146. The summed E-state index contributed by atoms with van der Waals surface area (Å²) in [6, 6.07) is 14.3. The smallest absolute Gasteiger partial charge is 0.290 e. The number of fused-ring (bicyclic) bond motifs is 2. The van der Waals surface area contributed by atoms with Crippen LogP contribution in [0.25, 0.3) is 11.0 Å². The Morgan fingerprint density at radius 3 is 2.66 bits per heavy atom. The Morgan fingerprint density at radius 2 is 1.88 bits per heavy atom. The second-order valence-electron chi connectivity index (χ2n) is 8.50. The Morgan fingerprint density at radius 1 is 1.06 bits per heavy atom. The van der Waals surface area contributed by atoms with Gasteiger partial charge in [-0.15, -0.1) is 0 Å². The monoisotopic (exact) mass is 434 g/mol. The lowest BCUT2D eigenvalue weighted by molar-refractivity contribution is 0.0722. The average Bonchev–Trinajstić information content (AvgIpc) is 3.06. The number of nitrogens with zero attached hydrogens (tertiary/aromatic N) is 2. The summed E-state index contributed by atoms with van der Waals surface area (Å²) in [6.45, 7) is 4.13. The summed E-state index contributed by atoms with van der Waals surface area (Å²) in [5.74, 6) is 0.667. The normalized spacial score (nSPS) is 15.6. The summed E-state index contributed by atoms with van der Waals surface area (Å²) < 4.78 is 11.9. The highest BCUT2D eigenvalue weighted by Gasteiger charge is 2.42. The maximum atomic E-state index is 13.5. The van der Waals surface area contributed by atoms with E-state index in [-0.39, 0.29) is 17.1 Å². The third-order valence-corrected chi connectivity index (χ3v) is 5.82. The number of hydrogen-bond donors (Lipinski definition) is 0. The van der Waals surface area contributed by atoms with Crippen LogP contribution in [0.1, 0.15) is 53.9 Å². The van der Waals surface area contributed by atoms with E-state index in [1.165, 1.54) is 0 Å². The van der Waals surface area contributed by atoms with Crippen molar-refractivity contribution < 1.29 is 13.9 Å². The maximum Gasteiger partial charge on any atom is 0.290 e. The molecule has 2 aromatic carbocycles. The van der Waals surface area contributed by atoms with Gasteiger partial charge in [0.2, 0.25) is 5.76 Å². The van der Waals surface area contributed by atoms with Crippen molar-refractivity contribution in [3.63, 3.8) is 0 Å². The first-order chi connectivity index (χ1) is 15.5. The second kappa shape index (κ2) is 9.57. The third kappa shape index (κ3) is 4.28. The second-order valence-corrected chi connectivity index (χ2v) is 8.50. The third-order valence-electron chi connectivity index (χ3n) is 5.82. The standard InChI is InChI=1S/C26H30N2O4/c1-4-5-16-31-19-11-8-10-18(17-19)23-22-24(29)20-12-6-7-13-21(20)32-25(22)26(30)28(23)15-9-14-27(2)3/h6-8,10-13,17,23H,4-5,9,14-16H2,1-3H3/t23-/m1/s1. The van der Waals surface area contributed by atoms with Crippen molar-refractivity contribution in [1.29, 1.82) is 0 Å². The van der Waals surface area contributed by atoms with E-state index in [2.05, 4.69) is 11.8 Å². The number of ether oxygens (including phenoxy) is 1. The van der Waals surface area contributed by atoms with Crippen LogP contribution in [-0.4, -0.2) is 49.5 Å². The maximum absolute atomic E-state index is 13.5. The van der Waals surface area contributed by atoms with E-state index < -0.39 is 6.04 Å². The average molecular weight is 435 g/mol. The minimum atomic E-state index is -0.491. The van der Waals surface area contributed by atoms with E-state index in [1.54, 1.807) is 23.1 Å². The van der Waals surface area contributed by atoms with Crippen molar-refractivity contribution in [2.75, 3.05) is 33.8 Å². The molecule has 0 unspecified atom stereocenters. The number of carbonyl (C=O) groups is 1. The lowest BCUT2D eigenvalue weighted by atomic mass is 9.98. The number of rotatable bonds is 9. The number of amides is 1. The Balaban J connectivity index is 1.79. The van der Waals surface area contributed by atoms with Crippen molar-refractivity contribution >= 4 is 16.9 Å². The van der Waals surface area contributed by atoms with Gasteiger partial charge in [0.1, 0.15) is 11.3 Å². The van der Waals surface area contributed by atoms with Crippen LogP contribution in [0, 0.1) is 0 Å². The Hall–Kier alpha value is -3.12. The number of unbranched alkanes of at least 4 members (excludes halogenated alkanes) is 1. The fraction of sp³-hybridized carbons (Fsp3) is 0.385. The van der Waals surface area contributed by atoms with E-state index in [0.717, 1.165) is 37.1 Å². The first kappa shape index (κ1) is 22.1. The Labute approximate surface area is 188 Å². The van der Waals surface area contributed by atoms with Crippen molar-refractivity contribution in [3.05, 3.63) is 75.6 Å². The topological polar surface area (TPSA) is 63.0 Å². The van der Waals surface area contributed by atoms with Crippen molar-refractivity contribution in [3.8, 4) is 5.75 Å². The molecule has 0 radical (unpaired) electrons. The quantitative estimate of drug-likeness (QED) is 0.465. The molecule has 1 aliphatic rings. The zero-order valence-corrected chi connectivity index (χ0v) is 19.0. The molecule has 4 rings (SSSR count). The summed E-state index contributed by atoms with van der Waals surface area (Å²) in [7, 11) is 4.01. The van der Waals surface area contributed by atoms with Gasteiger partial charge in [-0.1, -0.05) is 37.6 Å². The molecule has 1 aliphatic heterocycles. The van der Waals surface area contributed by atoms with Crippen LogP contribution in [-0.2, 0) is 0 Å². The van der Waals surface area contributed by atoms with Crippen LogP contribution in [0.4, 0.5) is 0 Å². The molecule has 6 nitrogen and oxygen atoms in total. The van der Waals surface area contributed by atoms with Gasteiger partial charge in [0.05, 0.1) is 23.6 Å². The molecule has 0 aliphatic carbocycles. The van der Waals surface area contributed by atoms with E-state index >= 15 is 0 Å². The van der Waals surface area contributed by atoms with Gasteiger partial charge < -0.3 is 19.0 Å². The van der Waals surface area contributed by atoms with Crippen LogP contribution in [0.15, 0.2) is 57.7 Å². The zero-order chi connectivity index (χ0) is 22.7. The van der Waals surface area contributed by atoms with Crippen molar-refractivity contribution in [2.24, 2.45) is 0 Å². The highest BCUT2D eigenvalue weighted by molar-refractivity contribution is 5.99. The van der Waals surface area contributed by atoms with Gasteiger partial charge in [-0.3, -0.25) is 9.59 Å². The lowest BCUT2D eigenvalue weighted by Gasteiger charge is -2.26. The highest BCUT2D eigenvalue weighted by atomic mass is 16.5. The van der Waals surface area contributed by atoms with Gasteiger partial charge in [-0.2, -0.15) is 0 Å². The first-order valence-electron chi connectivity index (χ1n) is 11.3. The fourth-order valence-electron chi connectivity index (χ4n) is 4.21. The molecule has 3 aromatic rings. The molecule has 1 aromatic heterocycles. The predicted molar refractivity (Wildman–Crippen MR) is 125 cm³/mol. The number of benzene rings is 2. The molecule has 0 saturated carbocycles. The van der Waals surface area contributed by atoms with Crippen LogP contribution < -0.4 is 10.2 Å². The fourth-order valence-corrected chi connectivity index (χ4v) is 4.21. The molecule has 168 valence electrons. The summed E-state index contributed by atoms with van der Waals surface area (Å²) in [4.78, 5) is 30.7. The van der Waals surface area contributed by atoms with E-state index in [0.29, 0.717) is 29.7 Å². The van der Waals surface area contributed by atoms with Gasteiger partial charge in [0.25, 0.3) is 5.91 Å². The van der Waals surface area contributed by atoms with Gasteiger partial charge in [0, 0.05) is 6.54 Å². The van der Waals surface area contributed by atoms with Gasteiger partial charge in [-0.05, 0) is 63.3 Å². The molecule has 6 heteroatoms. The summed E-state index contributed by atoms with van der Waals surface area (Å²) in [5, 5.41) is 0.495. The first-order valence-corrected chi connectivity index (χ1v) is 11.3. The molecule has 1 atom stereocenters. The molecular formula is C26H30N2O4. The largest absolute Gasteiger partial charge is 0.494 e. The molecular weight excluding hydrogens is 404 g/mol. The van der Waals surface area contributed by atoms with Crippen LogP contribution in [0.5, 0.6) is 5.75 Å². The summed E-state index contributed by atoms with van der Waals surface area (Å²) >= 11 is 0. The Bertz CT molecular complexity index is 1170. The van der Waals surface area contributed by atoms with Crippen molar-refractivity contribution in [2.45, 2.75) is 32.2 Å².